The van der Waals surface area contributed by atoms with Crippen LogP contribution in [-0.4, -0.2) is 29.8 Å². The van der Waals surface area contributed by atoms with Gasteiger partial charge in [0, 0.05) is 11.3 Å². The van der Waals surface area contributed by atoms with Crippen LogP contribution in [-0.2, 0) is 0 Å². The van der Waals surface area contributed by atoms with Crippen LogP contribution < -0.4 is 4.74 Å². The Morgan fingerprint density at radius 2 is 2.16 bits per heavy atom. The van der Waals surface area contributed by atoms with Crippen LogP contribution in [0.25, 0.3) is 0 Å². The lowest BCUT2D eigenvalue weighted by atomic mass is 10.2. The highest BCUT2D eigenvalue weighted by Gasteiger charge is 1.97. The number of hydrogen-bond donors (Lipinski definition) is 1. The monoisotopic (exact) mass is 278 g/mol. The number of hydrogen-bond acceptors (Lipinski definition) is 3. The molecule has 19 heavy (non-hydrogen) atoms. The number of thioether (sulfide) groups is 1. The van der Waals surface area contributed by atoms with Crippen LogP contribution in [0.4, 0.5) is 0 Å². The summed E-state index contributed by atoms with van der Waals surface area (Å²) in [6, 6.07) is 7.67. The van der Waals surface area contributed by atoms with E-state index >= 15 is 0 Å². The van der Waals surface area contributed by atoms with Gasteiger partial charge in [0.2, 0.25) is 0 Å². The van der Waals surface area contributed by atoms with Gasteiger partial charge in [0.05, 0.1) is 6.61 Å². The van der Waals surface area contributed by atoms with Crippen molar-refractivity contribution in [3.63, 3.8) is 0 Å². The van der Waals surface area contributed by atoms with Crippen LogP contribution in [0.1, 0.15) is 25.8 Å². The van der Waals surface area contributed by atoms with E-state index in [9.17, 15) is 0 Å². The topological polar surface area (TPSA) is 29.5 Å². The van der Waals surface area contributed by atoms with Crippen molar-refractivity contribution >= 4 is 11.8 Å². The van der Waals surface area contributed by atoms with Gasteiger partial charge in [-0.15, -0.1) is 0 Å². The molecule has 1 rings (SSSR count). The second-order valence-electron chi connectivity index (χ2n) is 4.63. The summed E-state index contributed by atoms with van der Waals surface area (Å²) >= 11 is 1.93. The van der Waals surface area contributed by atoms with Crippen molar-refractivity contribution < 1.29 is 9.84 Å². The first-order chi connectivity index (χ1) is 9.22. The van der Waals surface area contributed by atoms with Crippen LogP contribution in [0.15, 0.2) is 24.3 Å². The standard InChI is InChI=1S/C16H22O2S/c1-14(2)8-11-19-12-10-18-16-7-3-5-15(13-16)6-4-9-17/h3,5,7,13-14,17H,8-12H2,1-2H3. The molecule has 1 aromatic rings. The molecule has 0 saturated carbocycles. The van der Waals surface area contributed by atoms with Gasteiger partial charge in [-0.25, -0.2) is 0 Å². The van der Waals surface area contributed by atoms with Crippen molar-refractivity contribution in [2.24, 2.45) is 5.92 Å². The third-order valence-electron chi connectivity index (χ3n) is 2.48. The van der Waals surface area contributed by atoms with E-state index in [4.69, 9.17) is 9.84 Å². The maximum atomic E-state index is 8.65. The van der Waals surface area contributed by atoms with Gasteiger partial charge in [-0.2, -0.15) is 11.8 Å². The number of aliphatic hydroxyl groups excluding tert-OH is 1. The maximum Gasteiger partial charge on any atom is 0.120 e. The molecule has 0 amide bonds. The molecule has 0 bridgehead atoms. The first-order valence-electron chi connectivity index (χ1n) is 6.62. The fraction of sp³-hybridized carbons (Fsp3) is 0.500. The van der Waals surface area contributed by atoms with Crippen LogP contribution in [0.5, 0.6) is 5.75 Å². The molecule has 1 N–H and O–H groups in total. The van der Waals surface area contributed by atoms with E-state index in [1.165, 1.54) is 12.2 Å². The van der Waals surface area contributed by atoms with Crippen molar-refractivity contribution in [1.82, 2.24) is 0 Å². The summed E-state index contributed by atoms with van der Waals surface area (Å²) in [6.07, 6.45) is 1.26. The Morgan fingerprint density at radius 3 is 2.89 bits per heavy atom. The third-order valence-corrected chi connectivity index (χ3v) is 3.46. The number of benzene rings is 1. The van der Waals surface area contributed by atoms with Gasteiger partial charge in [-0.3, -0.25) is 0 Å². The summed E-state index contributed by atoms with van der Waals surface area (Å²) in [6.45, 7) is 5.10. The van der Waals surface area contributed by atoms with E-state index < -0.39 is 0 Å². The minimum absolute atomic E-state index is 0.114. The highest BCUT2D eigenvalue weighted by atomic mass is 32.2. The molecule has 1 aromatic carbocycles. The Labute approximate surface area is 120 Å². The summed E-state index contributed by atoms with van der Waals surface area (Å²) in [7, 11) is 0. The molecule has 0 aliphatic carbocycles. The van der Waals surface area contributed by atoms with Crippen molar-refractivity contribution in [2.45, 2.75) is 20.3 Å². The number of aliphatic hydroxyl groups is 1. The quantitative estimate of drug-likeness (QED) is 0.613. The van der Waals surface area contributed by atoms with Crippen molar-refractivity contribution in [2.75, 3.05) is 24.7 Å². The van der Waals surface area contributed by atoms with Crippen molar-refractivity contribution in [3.05, 3.63) is 29.8 Å². The molecule has 0 heterocycles. The van der Waals surface area contributed by atoms with Gasteiger partial charge in [0.15, 0.2) is 0 Å². The van der Waals surface area contributed by atoms with Gasteiger partial charge in [0.1, 0.15) is 12.4 Å². The average Bonchev–Trinajstić information content (AvgIpc) is 2.40. The molecule has 0 aliphatic heterocycles. The fourth-order valence-corrected chi connectivity index (χ4v) is 2.49. The second-order valence-corrected chi connectivity index (χ2v) is 5.86. The lowest BCUT2D eigenvalue weighted by Crippen LogP contribution is -2.01. The van der Waals surface area contributed by atoms with Gasteiger partial charge in [-0.05, 0) is 36.3 Å². The molecule has 104 valence electrons. The van der Waals surface area contributed by atoms with E-state index in [0.29, 0.717) is 0 Å². The summed E-state index contributed by atoms with van der Waals surface area (Å²) in [4.78, 5) is 0. The van der Waals surface area contributed by atoms with E-state index in [1.54, 1.807) is 0 Å². The number of rotatable bonds is 7. The molecule has 2 nitrogen and oxygen atoms in total. The van der Waals surface area contributed by atoms with Crippen LogP contribution in [0.2, 0.25) is 0 Å². The normalized spacial score (nSPS) is 10.1. The molecule has 0 unspecified atom stereocenters. The molecule has 0 aromatic heterocycles. The summed E-state index contributed by atoms with van der Waals surface area (Å²) in [5, 5.41) is 8.65. The Kier molecular flexibility index (Phi) is 8.20. The lowest BCUT2D eigenvalue weighted by Gasteiger charge is -2.07. The molecule has 0 aliphatic rings. The molecule has 0 fully saturated rings. The first-order valence-corrected chi connectivity index (χ1v) is 7.78. The molecule has 0 atom stereocenters. The highest BCUT2D eigenvalue weighted by molar-refractivity contribution is 7.99. The predicted molar refractivity (Wildman–Crippen MR) is 82.7 cm³/mol. The predicted octanol–water partition coefficient (Wildman–Crippen LogP) is 3.19. The molecule has 0 saturated heterocycles. The minimum Gasteiger partial charge on any atom is -0.493 e. The third kappa shape index (κ3) is 7.81. The Morgan fingerprint density at radius 1 is 1.32 bits per heavy atom. The summed E-state index contributed by atoms with van der Waals surface area (Å²) < 4.78 is 5.68. The average molecular weight is 278 g/mol. The number of ether oxygens (including phenoxy) is 1. The Balaban J connectivity index is 2.25. The van der Waals surface area contributed by atoms with E-state index in [1.807, 2.05) is 36.0 Å². The summed E-state index contributed by atoms with van der Waals surface area (Å²) in [5.41, 5.74) is 0.874. The van der Waals surface area contributed by atoms with Gasteiger partial charge >= 0.3 is 0 Å². The van der Waals surface area contributed by atoms with Crippen LogP contribution >= 0.6 is 11.8 Å². The molecular formula is C16H22O2S. The molecule has 0 spiro atoms. The molecular weight excluding hydrogens is 256 g/mol. The first kappa shape index (κ1) is 15.9. The van der Waals surface area contributed by atoms with Crippen LogP contribution in [0.3, 0.4) is 0 Å². The highest BCUT2D eigenvalue weighted by Crippen LogP contribution is 2.14. The molecule has 3 heteroatoms. The second kappa shape index (κ2) is 9.77. The van der Waals surface area contributed by atoms with E-state index in [0.717, 1.165) is 29.6 Å². The van der Waals surface area contributed by atoms with E-state index in [-0.39, 0.29) is 6.61 Å². The largest absolute Gasteiger partial charge is 0.493 e. The Hall–Kier alpha value is -1.11. The van der Waals surface area contributed by atoms with Crippen molar-refractivity contribution in [3.8, 4) is 17.6 Å². The lowest BCUT2D eigenvalue weighted by molar-refractivity contribution is 0.343. The SMILES string of the molecule is CC(C)CCSCCOc1cccc(C#CCO)c1. The van der Waals surface area contributed by atoms with Gasteiger partial charge in [-0.1, -0.05) is 31.8 Å². The zero-order valence-electron chi connectivity index (χ0n) is 11.7. The fourth-order valence-electron chi connectivity index (χ4n) is 1.44. The minimum atomic E-state index is -0.114. The Bertz CT molecular complexity index is 418. The summed E-state index contributed by atoms with van der Waals surface area (Å²) in [5.74, 6) is 9.33. The zero-order valence-corrected chi connectivity index (χ0v) is 12.5. The van der Waals surface area contributed by atoms with Gasteiger partial charge < -0.3 is 9.84 Å². The zero-order chi connectivity index (χ0) is 13.9. The van der Waals surface area contributed by atoms with E-state index in [2.05, 4.69) is 25.7 Å². The van der Waals surface area contributed by atoms with Gasteiger partial charge in [0.25, 0.3) is 0 Å². The van der Waals surface area contributed by atoms with Crippen LogP contribution in [0, 0.1) is 17.8 Å². The smallest absolute Gasteiger partial charge is 0.120 e. The maximum absolute atomic E-state index is 8.65. The molecule has 0 radical (unpaired) electrons. The van der Waals surface area contributed by atoms with Crippen molar-refractivity contribution in [1.29, 1.82) is 0 Å².